The quantitative estimate of drug-likeness (QED) is 0.445. The highest BCUT2D eigenvalue weighted by Gasteiger charge is 2.33. The Hall–Kier alpha value is -3.44. The zero-order valence-electron chi connectivity index (χ0n) is 17.2. The number of halogens is 6. The molecule has 2 aromatic rings. The van der Waals surface area contributed by atoms with E-state index in [1.807, 2.05) is 0 Å². The number of benzene rings is 2. The van der Waals surface area contributed by atoms with E-state index in [1.54, 1.807) is 6.92 Å². The highest BCUT2D eigenvalue weighted by atomic mass is 19.4. The van der Waals surface area contributed by atoms with Crippen molar-refractivity contribution in [2.75, 3.05) is 14.2 Å². The largest absolute Gasteiger partial charge is 0.573 e. The fourth-order valence-corrected chi connectivity index (χ4v) is 2.20. The van der Waals surface area contributed by atoms with Gasteiger partial charge in [-0.1, -0.05) is 12.1 Å². The van der Waals surface area contributed by atoms with Crippen LogP contribution in [-0.2, 0) is 9.47 Å². The summed E-state index contributed by atoms with van der Waals surface area (Å²) < 4.78 is 88.4. The summed E-state index contributed by atoms with van der Waals surface area (Å²) >= 11 is 0. The number of ether oxygens (including phenoxy) is 4. The van der Waals surface area contributed by atoms with Gasteiger partial charge in [0.1, 0.15) is 17.1 Å². The van der Waals surface area contributed by atoms with Crippen molar-refractivity contribution in [3.8, 4) is 11.5 Å². The van der Waals surface area contributed by atoms with E-state index >= 15 is 0 Å². The highest BCUT2D eigenvalue weighted by Crippen LogP contribution is 2.28. The van der Waals surface area contributed by atoms with Crippen molar-refractivity contribution in [3.05, 3.63) is 58.7 Å². The van der Waals surface area contributed by atoms with Crippen LogP contribution in [0, 0.1) is 13.8 Å². The summed E-state index contributed by atoms with van der Waals surface area (Å²) in [5, 5.41) is 0. The predicted octanol–water partition coefficient (Wildman–Crippen LogP) is 5.36. The van der Waals surface area contributed by atoms with Gasteiger partial charge in [0, 0.05) is 0 Å². The summed E-state index contributed by atoms with van der Waals surface area (Å²) in [4.78, 5) is 22.2. The van der Waals surface area contributed by atoms with E-state index in [0.29, 0.717) is 5.56 Å². The summed E-state index contributed by atoms with van der Waals surface area (Å²) in [6, 6.07) is 7.56. The van der Waals surface area contributed by atoms with Crippen LogP contribution >= 0.6 is 0 Å². The number of hydrogen-bond donors (Lipinski definition) is 0. The van der Waals surface area contributed by atoms with Crippen LogP contribution in [0.25, 0.3) is 0 Å². The molecular formula is C20H18F6O6. The van der Waals surface area contributed by atoms with Crippen LogP contribution in [0.1, 0.15) is 31.8 Å². The average Bonchev–Trinajstić information content (AvgIpc) is 2.67. The van der Waals surface area contributed by atoms with Gasteiger partial charge in [-0.15, -0.1) is 26.3 Å². The van der Waals surface area contributed by atoms with Crippen LogP contribution in [0.15, 0.2) is 36.4 Å². The molecule has 2 aromatic carbocycles. The third kappa shape index (κ3) is 8.74. The Bertz CT molecular complexity index is 953. The summed E-state index contributed by atoms with van der Waals surface area (Å²) in [5.41, 5.74) is 0.578. The maximum Gasteiger partial charge on any atom is 0.573 e. The van der Waals surface area contributed by atoms with E-state index in [-0.39, 0.29) is 16.7 Å². The molecule has 0 unspecified atom stereocenters. The van der Waals surface area contributed by atoms with Gasteiger partial charge < -0.3 is 18.9 Å². The lowest BCUT2D eigenvalue weighted by Gasteiger charge is -2.12. The van der Waals surface area contributed by atoms with Crippen molar-refractivity contribution in [3.63, 3.8) is 0 Å². The first-order valence-corrected chi connectivity index (χ1v) is 8.56. The zero-order chi connectivity index (χ0) is 24.7. The van der Waals surface area contributed by atoms with Crippen molar-refractivity contribution in [2.45, 2.75) is 26.6 Å². The maximum atomic E-state index is 12.0. The molecule has 0 aliphatic heterocycles. The van der Waals surface area contributed by atoms with Crippen molar-refractivity contribution in [1.82, 2.24) is 0 Å². The van der Waals surface area contributed by atoms with Gasteiger partial charge >= 0.3 is 24.7 Å². The van der Waals surface area contributed by atoms with Gasteiger partial charge in [-0.25, -0.2) is 9.59 Å². The minimum atomic E-state index is -4.84. The molecular weight excluding hydrogens is 450 g/mol. The zero-order valence-corrected chi connectivity index (χ0v) is 17.2. The number of esters is 2. The summed E-state index contributed by atoms with van der Waals surface area (Å²) in [5.74, 6) is -2.55. The molecule has 0 aliphatic rings. The van der Waals surface area contributed by atoms with Crippen LogP contribution in [0.5, 0.6) is 11.5 Å². The summed E-state index contributed by atoms with van der Waals surface area (Å²) in [6.07, 6.45) is -9.62. The minimum absolute atomic E-state index is 0.00681. The lowest BCUT2D eigenvalue weighted by Crippen LogP contribution is -2.19. The number of hydrogen-bond acceptors (Lipinski definition) is 6. The number of rotatable bonds is 4. The third-order valence-electron chi connectivity index (χ3n) is 3.60. The summed E-state index contributed by atoms with van der Waals surface area (Å²) in [6.45, 7) is 3.03. The molecule has 0 bridgehead atoms. The van der Waals surface area contributed by atoms with E-state index in [1.165, 1.54) is 31.2 Å². The van der Waals surface area contributed by atoms with Gasteiger partial charge in [-0.3, -0.25) is 0 Å². The topological polar surface area (TPSA) is 71.1 Å². The molecule has 12 heteroatoms. The number of methoxy groups -OCH3 is 2. The fraction of sp³-hybridized carbons (Fsp3) is 0.300. The Kier molecular flexibility index (Phi) is 8.92. The molecule has 0 heterocycles. The van der Waals surface area contributed by atoms with Crippen LogP contribution < -0.4 is 9.47 Å². The first-order chi connectivity index (χ1) is 14.7. The molecule has 176 valence electrons. The Morgan fingerprint density at radius 2 is 1.25 bits per heavy atom. The van der Waals surface area contributed by atoms with E-state index in [2.05, 4.69) is 18.9 Å². The molecule has 0 saturated carbocycles. The highest BCUT2D eigenvalue weighted by molar-refractivity contribution is 5.92. The van der Waals surface area contributed by atoms with Gasteiger partial charge in [0.25, 0.3) is 0 Å². The predicted molar refractivity (Wildman–Crippen MR) is 98.4 cm³/mol. The molecule has 0 atom stereocenters. The van der Waals surface area contributed by atoms with Gasteiger partial charge in [0.15, 0.2) is 0 Å². The molecule has 0 saturated heterocycles. The van der Waals surface area contributed by atoms with Gasteiger partial charge in [0.2, 0.25) is 0 Å². The molecule has 0 fully saturated rings. The van der Waals surface area contributed by atoms with Crippen LogP contribution in [0.2, 0.25) is 0 Å². The van der Waals surface area contributed by atoms with Crippen molar-refractivity contribution < 1.29 is 54.9 Å². The van der Waals surface area contributed by atoms with Crippen LogP contribution in [0.4, 0.5) is 26.3 Å². The first kappa shape index (κ1) is 26.6. The average molecular weight is 468 g/mol. The molecule has 6 nitrogen and oxygen atoms in total. The smallest absolute Gasteiger partial charge is 0.465 e. The molecule has 0 aromatic heterocycles. The second-order valence-corrected chi connectivity index (χ2v) is 6.06. The Morgan fingerprint density at radius 1 is 0.719 bits per heavy atom. The van der Waals surface area contributed by atoms with Gasteiger partial charge in [0.05, 0.1) is 19.8 Å². The molecule has 2 rings (SSSR count). The number of carbonyl (C=O) groups excluding carboxylic acids is 2. The van der Waals surface area contributed by atoms with Crippen LogP contribution in [-0.4, -0.2) is 38.9 Å². The second-order valence-electron chi connectivity index (χ2n) is 6.06. The molecule has 0 aliphatic carbocycles. The van der Waals surface area contributed by atoms with E-state index in [9.17, 15) is 35.9 Å². The number of aryl methyl sites for hydroxylation is 2. The minimum Gasteiger partial charge on any atom is -0.465 e. The Balaban J connectivity index is 0.000000320. The van der Waals surface area contributed by atoms with Crippen molar-refractivity contribution in [2.24, 2.45) is 0 Å². The normalized spacial score (nSPS) is 11.1. The fourth-order valence-electron chi connectivity index (χ4n) is 2.20. The van der Waals surface area contributed by atoms with Crippen molar-refractivity contribution >= 4 is 11.9 Å². The van der Waals surface area contributed by atoms with E-state index in [4.69, 9.17) is 0 Å². The standard InChI is InChI=1S/2C10H9F3O3/c1-6-3-4-7(9(14)15-2)5-8(6)16-10(11,12)13;1-6-3-4-7(9(14)15-2)8(5-6)16-10(11,12)13/h2*3-5H,1-2H3. The Morgan fingerprint density at radius 3 is 1.75 bits per heavy atom. The monoisotopic (exact) mass is 468 g/mol. The lowest BCUT2D eigenvalue weighted by molar-refractivity contribution is -0.275. The number of alkyl halides is 6. The van der Waals surface area contributed by atoms with E-state index < -0.39 is 36.2 Å². The Labute approximate surface area is 178 Å². The molecule has 0 spiro atoms. The number of carbonyl (C=O) groups is 2. The molecule has 0 radical (unpaired) electrons. The van der Waals surface area contributed by atoms with Crippen molar-refractivity contribution in [1.29, 1.82) is 0 Å². The second kappa shape index (κ2) is 10.7. The maximum absolute atomic E-state index is 12.0. The first-order valence-electron chi connectivity index (χ1n) is 8.56. The SMILES string of the molecule is COC(=O)c1ccc(C)c(OC(F)(F)F)c1.COC(=O)c1ccc(C)cc1OC(F)(F)F. The van der Waals surface area contributed by atoms with Gasteiger partial charge in [-0.2, -0.15) is 0 Å². The molecule has 0 N–H and O–H groups in total. The molecule has 32 heavy (non-hydrogen) atoms. The van der Waals surface area contributed by atoms with Gasteiger partial charge in [-0.05, 0) is 49.2 Å². The van der Waals surface area contributed by atoms with E-state index in [0.717, 1.165) is 26.4 Å². The van der Waals surface area contributed by atoms with Crippen LogP contribution in [0.3, 0.4) is 0 Å². The summed E-state index contributed by atoms with van der Waals surface area (Å²) in [7, 11) is 2.23. The lowest BCUT2D eigenvalue weighted by atomic mass is 10.1. The molecule has 0 amide bonds. The third-order valence-corrected chi connectivity index (χ3v) is 3.60.